The topological polar surface area (TPSA) is 40.6 Å². The van der Waals surface area contributed by atoms with E-state index in [9.17, 15) is 9.59 Å². The van der Waals surface area contributed by atoms with Crippen LogP contribution in [0.1, 0.15) is 12.0 Å². The normalized spacial score (nSPS) is 14.3. The van der Waals surface area contributed by atoms with Gasteiger partial charge in [-0.15, -0.1) is 0 Å². The summed E-state index contributed by atoms with van der Waals surface area (Å²) in [5.74, 6) is 0.872. The Kier molecular flexibility index (Phi) is 5.35. The first-order valence-corrected chi connectivity index (χ1v) is 9.45. The van der Waals surface area contributed by atoms with Crippen molar-refractivity contribution in [3.63, 3.8) is 0 Å². The van der Waals surface area contributed by atoms with Crippen LogP contribution in [0, 0.1) is 0 Å². The van der Waals surface area contributed by atoms with Crippen molar-refractivity contribution in [3.8, 4) is 0 Å². The van der Waals surface area contributed by atoms with E-state index in [1.807, 2.05) is 41.8 Å². The number of carbonyl (C=O) groups excluding carboxylic acids is 2. The Labute approximate surface area is 144 Å². The van der Waals surface area contributed by atoms with Gasteiger partial charge < -0.3 is 9.80 Å². The van der Waals surface area contributed by atoms with Crippen molar-refractivity contribution in [2.45, 2.75) is 13.0 Å². The number of thiophene rings is 1. The Morgan fingerprint density at radius 3 is 2.70 bits per heavy atom. The average Bonchev–Trinajstić information content (AvgIpc) is 3.23. The van der Waals surface area contributed by atoms with Crippen molar-refractivity contribution in [2.75, 3.05) is 23.7 Å². The number of amides is 2. The van der Waals surface area contributed by atoms with Crippen LogP contribution in [0.2, 0.25) is 0 Å². The van der Waals surface area contributed by atoms with Crippen molar-refractivity contribution < 1.29 is 9.59 Å². The minimum Gasteiger partial charge on any atom is -0.332 e. The molecule has 6 heteroatoms. The molecule has 0 N–H and O–H groups in total. The Morgan fingerprint density at radius 2 is 2.04 bits per heavy atom. The van der Waals surface area contributed by atoms with Gasteiger partial charge in [-0.25, -0.2) is 0 Å². The smallest absolute Gasteiger partial charge is 0.281 e. The fourth-order valence-electron chi connectivity index (χ4n) is 2.49. The molecule has 0 unspecified atom stereocenters. The lowest BCUT2D eigenvalue weighted by atomic mass is 10.2. The molecule has 0 bridgehead atoms. The molecular weight excluding hydrogens is 328 g/mol. The summed E-state index contributed by atoms with van der Waals surface area (Å²) >= 11 is 2.96. The molecule has 1 fully saturated rings. The Bertz CT molecular complexity index is 658. The molecule has 1 aromatic carbocycles. The van der Waals surface area contributed by atoms with Crippen LogP contribution < -0.4 is 4.90 Å². The monoisotopic (exact) mass is 346 g/mol. The number of hydrogen-bond donors (Lipinski definition) is 0. The zero-order chi connectivity index (χ0) is 16.1. The quantitative estimate of drug-likeness (QED) is 0.798. The highest BCUT2D eigenvalue weighted by atomic mass is 32.2. The molecule has 23 heavy (non-hydrogen) atoms. The maximum Gasteiger partial charge on any atom is 0.281 e. The van der Waals surface area contributed by atoms with Gasteiger partial charge in [-0.05, 0) is 34.5 Å². The molecule has 0 aliphatic carbocycles. The number of hydrogen-bond acceptors (Lipinski definition) is 4. The molecular formula is C17H18N2O2S2. The van der Waals surface area contributed by atoms with E-state index in [1.165, 1.54) is 11.8 Å². The Balaban J connectivity index is 1.69. The molecule has 0 spiro atoms. The number of rotatable bonds is 6. The first kappa shape index (κ1) is 16.1. The predicted molar refractivity (Wildman–Crippen MR) is 96.0 cm³/mol. The van der Waals surface area contributed by atoms with E-state index >= 15 is 0 Å². The zero-order valence-corrected chi connectivity index (χ0v) is 14.3. The molecule has 0 atom stereocenters. The molecule has 1 aliphatic rings. The fourth-order valence-corrected chi connectivity index (χ4v) is 4.00. The molecule has 0 radical (unpaired) electrons. The second-order valence-corrected chi connectivity index (χ2v) is 7.12. The van der Waals surface area contributed by atoms with E-state index in [0.717, 1.165) is 23.5 Å². The van der Waals surface area contributed by atoms with E-state index in [2.05, 4.69) is 5.38 Å². The van der Waals surface area contributed by atoms with Crippen LogP contribution in [-0.4, -0.2) is 34.9 Å². The molecule has 120 valence electrons. The van der Waals surface area contributed by atoms with Crippen molar-refractivity contribution >= 4 is 39.9 Å². The molecule has 3 rings (SSSR count). The van der Waals surface area contributed by atoms with Gasteiger partial charge >= 0.3 is 0 Å². The summed E-state index contributed by atoms with van der Waals surface area (Å²) in [6.07, 6.45) is 0.353. The van der Waals surface area contributed by atoms with Gasteiger partial charge in [0.1, 0.15) is 0 Å². The van der Waals surface area contributed by atoms with E-state index in [0.29, 0.717) is 19.5 Å². The average molecular weight is 346 g/mol. The van der Waals surface area contributed by atoms with Crippen molar-refractivity contribution in [1.82, 2.24) is 4.90 Å². The number of para-hydroxylation sites is 1. The summed E-state index contributed by atoms with van der Waals surface area (Å²) in [7, 11) is 0. The number of nitrogens with zero attached hydrogens (tertiary/aromatic N) is 2. The number of carbonyl (C=O) groups is 2. The molecule has 2 heterocycles. The summed E-state index contributed by atoms with van der Waals surface area (Å²) in [5, 5.41) is 4.16. The third-order valence-electron chi connectivity index (χ3n) is 3.73. The van der Waals surface area contributed by atoms with E-state index < -0.39 is 0 Å². The second-order valence-electron chi connectivity index (χ2n) is 5.30. The van der Waals surface area contributed by atoms with E-state index in [1.54, 1.807) is 21.1 Å². The lowest BCUT2D eigenvalue weighted by molar-refractivity contribution is -0.118. The Morgan fingerprint density at radius 1 is 1.22 bits per heavy atom. The molecule has 2 amide bonds. The molecule has 1 aliphatic heterocycles. The first-order chi connectivity index (χ1) is 11.2. The number of benzene rings is 1. The minimum absolute atomic E-state index is 0.0482. The molecule has 2 aromatic rings. The molecule has 1 saturated heterocycles. The molecule has 0 saturated carbocycles. The standard InChI is InChI=1S/C17H18N2O2S2/c20-16(6-8-18-9-11-23-17(18)21)19(12-14-7-10-22-13-14)15-4-2-1-3-5-15/h1-5,7,10,13H,6,8-9,11-12H2. The van der Waals surface area contributed by atoms with E-state index in [4.69, 9.17) is 0 Å². The largest absolute Gasteiger partial charge is 0.332 e. The Hall–Kier alpha value is -1.79. The van der Waals surface area contributed by atoms with Crippen LogP contribution >= 0.6 is 23.1 Å². The predicted octanol–water partition coefficient (Wildman–Crippen LogP) is 3.84. The molecule has 1 aromatic heterocycles. The van der Waals surface area contributed by atoms with Crippen LogP contribution in [0.5, 0.6) is 0 Å². The maximum absolute atomic E-state index is 12.7. The SMILES string of the molecule is O=C1SCCN1CCC(=O)N(Cc1ccsc1)c1ccccc1. The zero-order valence-electron chi connectivity index (χ0n) is 12.7. The summed E-state index contributed by atoms with van der Waals surface area (Å²) in [6, 6.07) is 11.7. The van der Waals surface area contributed by atoms with Crippen molar-refractivity contribution in [1.29, 1.82) is 0 Å². The summed E-state index contributed by atoms with van der Waals surface area (Å²) in [6.45, 7) is 1.80. The fraction of sp³-hybridized carbons (Fsp3) is 0.294. The third-order valence-corrected chi connectivity index (χ3v) is 5.35. The van der Waals surface area contributed by atoms with Gasteiger partial charge in [0.05, 0.1) is 6.54 Å². The third kappa shape index (κ3) is 4.14. The van der Waals surface area contributed by atoms with Crippen LogP contribution in [-0.2, 0) is 11.3 Å². The van der Waals surface area contributed by atoms with Gasteiger partial charge in [0.2, 0.25) is 5.91 Å². The lowest BCUT2D eigenvalue weighted by Gasteiger charge is -2.24. The summed E-state index contributed by atoms with van der Waals surface area (Å²) in [5.41, 5.74) is 2.02. The summed E-state index contributed by atoms with van der Waals surface area (Å²) in [4.78, 5) is 27.9. The summed E-state index contributed by atoms with van der Waals surface area (Å²) < 4.78 is 0. The van der Waals surface area contributed by atoms with Gasteiger partial charge in [-0.1, -0.05) is 30.0 Å². The van der Waals surface area contributed by atoms with Gasteiger partial charge in [0, 0.05) is 31.0 Å². The minimum atomic E-state index is 0.0482. The van der Waals surface area contributed by atoms with Crippen LogP contribution in [0.3, 0.4) is 0 Å². The van der Waals surface area contributed by atoms with Crippen LogP contribution in [0.4, 0.5) is 10.5 Å². The second kappa shape index (κ2) is 7.66. The maximum atomic E-state index is 12.7. The van der Waals surface area contributed by atoms with Crippen LogP contribution in [0.15, 0.2) is 47.2 Å². The number of thioether (sulfide) groups is 1. The van der Waals surface area contributed by atoms with Gasteiger partial charge in [0.15, 0.2) is 0 Å². The highest BCUT2D eigenvalue weighted by Crippen LogP contribution is 2.21. The van der Waals surface area contributed by atoms with Gasteiger partial charge in [0.25, 0.3) is 5.24 Å². The van der Waals surface area contributed by atoms with Crippen molar-refractivity contribution in [2.24, 2.45) is 0 Å². The lowest BCUT2D eigenvalue weighted by Crippen LogP contribution is -2.34. The van der Waals surface area contributed by atoms with Gasteiger partial charge in [-0.2, -0.15) is 11.3 Å². The van der Waals surface area contributed by atoms with Crippen molar-refractivity contribution in [3.05, 3.63) is 52.7 Å². The van der Waals surface area contributed by atoms with Gasteiger partial charge in [-0.3, -0.25) is 9.59 Å². The number of anilines is 1. The highest BCUT2D eigenvalue weighted by Gasteiger charge is 2.23. The van der Waals surface area contributed by atoms with E-state index in [-0.39, 0.29) is 11.1 Å². The first-order valence-electron chi connectivity index (χ1n) is 7.52. The highest BCUT2D eigenvalue weighted by molar-refractivity contribution is 8.13. The van der Waals surface area contributed by atoms with Crippen LogP contribution in [0.25, 0.3) is 0 Å². The molecule has 4 nitrogen and oxygen atoms in total.